The summed E-state index contributed by atoms with van der Waals surface area (Å²) in [7, 11) is 0. The van der Waals surface area contributed by atoms with Gasteiger partial charge in [0, 0.05) is 27.5 Å². The van der Waals surface area contributed by atoms with E-state index in [2.05, 4.69) is 41.1 Å². The van der Waals surface area contributed by atoms with Crippen molar-refractivity contribution in [2.24, 2.45) is 5.10 Å². The summed E-state index contributed by atoms with van der Waals surface area (Å²) >= 11 is 1.60. The van der Waals surface area contributed by atoms with Gasteiger partial charge < -0.3 is 4.57 Å². The third-order valence-corrected chi connectivity index (χ3v) is 4.84. The zero-order valence-electron chi connectivity index (χ0n) is 13.9. The Labute approximate surface area is 145 Å². The van der Waals surface area contributed by atoms with Crippen LogP contribution in [-0.2, 0) is 0 Å². The number of nitrogens with one attached hydrogen (secondary N) is 1. The number of hydrazone groups is 1. The van der Waals surface area contributed by atoms with Crippen LogP contribution in [0.5, 0.6) is 0 Å². The van der Waals surface area contributed by atoms with Gasteiger partial charge in [0.1, 0.15) is 0 Å². The number of thiophene rings is 1. The standard InChI is InChI=1S/C19H19N3OS/c1-13-6-7-14(2)22(13)17-10-8-16(9-11-17)19(23)21-20-15(3)18-5-4-12-24-18/h4-12H,1-3H3,(H,21,23)/b20-15+. The van der Waals surface area contributed by atoms with Crippen molar-refractivity contribution in [2.45, 2.75) is 20.8 Å². The summed E-state index contributed by atoms with van der Waals surface area (Å²) in [5.74, 6) is -0.210. The Bertz CT molecular complexity index is 854. The third kappa shape index (κ3) is 3.31. The molecule has 3 aromatic rings. The normalized spacial score (nSPS) is 11.5. The number of hydrogen-bond donors (Lipinski definition) is 1. The molecule has 0 aliphatic carbocycles. The lowest BCUT2D eigenvalue weighted by Gasteiger charge is -2.10. The molecule has 0 aliphatic heterocycles. The second-order valence-electron chi connectivity index (χ2n) is 5.61. The first-order valence-corrected chi connectivity index (χ1v) is 8.58. The Balaban J connectivity index is 1.74. The molecule has 2 aromatic heterocycles. The fraction of sp³-hybridized carbons (Fsp3) is 0.158. The van der Waals surface area contributed by atoms with E-state index in [4.69, 9.17) is 0 Å². The quantitative estimate of drug-likeness (QED) is 0.560. The van der Waals surface area contributed by atoms with Crippen LogP contribution in [0.1, 0.15) is 33.5 Å². The fourth-order valence-corrected chi connectivity index (χ4v) is 3.25. The minimum absolute atomic E-state index is 0.210. The molecule has 0 aliphatic rings. The van der Waals surface area contributed by atoms with E-state index >= 15 is 0 Å². The van der Waals surface area contributed by atoms with Gasteiger partial charge in [-0.3, -0.25) is 4.79 Å². The summed E-state index contributed by atoms with van der Waals surface area (Å²) in [6.07, 6.45) is 0. The number of hydrogen-bond acceptors (Lipinski definition) is 3. The van der Waals surface area contributed by atoms with Crippen LogP contribution in [0, 0.1) is 13.8 Å². The highest BCUT2D eigenvalue weighted by molar-refractivity contribution is 7.12. The largest absolute Gasteiger partial charge is 0.319 e. The predicted octanol–water partition coefficient (Wildman–Crippen LogP) is 4.31. The molecule has 122 valence electrons. The van der Waals surface area contributed by atoms with E-state index in [0.29, 0.717) is 5.56 Å². The number of aromatic nitrogens is 1. The maximum Gasteiger partial charge on any atom is 0.271 e. The second-order valence-corrected chi connectivity index (χ2v) is 6.56. The van der Waals surface area contributed by atoms with E-state index < -0.39 is 0 Å². The Kier molecular flexibility index (Phi) is 4.62. The maximum absolute atomic E-state index is 12.2. The molecule has 0 radical (unpaired) electrons. The second kappa shape index (κ2) is 6.84. The topological polar surface area (TPSA) is 46.4 Å². The first-order valence-electron chi connectivity index (χ1n) is 7.70. The number of carbonyl (C=O) groups is 1. The van der Waals surface area contributed by atoms with Gasteiger partial charge in [-0.2, -0.15) is 5.10 Å². The Hall–Kier alpha value is -2.66. The smallest absolute Gasteiger partial charge is 0.271 e. The van der Waals surface area contributed by atoms with Gasteiger partial charge in [0.15, 0.2) is 0 Å². The Morgan fingerprint density at radius 2 is 1.71 bits per heavy atom. The molecule has 0 fully saturated rings. The van der Waals surface area contributed by atoms with Crippen LogP contribution in [-0.4, -0.2) is 16.2 Å². The lowest BCUT2D eigenvalue weighted by molar-refractivity contribution is 0.0955. The van der Waals surface area contributed by atoms with Crippen LogP contribution >= 0.6 is 11.3 Å². The average molecular weight is 337 g/mol. The molecule has 4 nitrogen and oxygen atoms in total. The molecule has 0 unspecified atom stereocenters. The van der Waals surface area contributed by atoms with Gasteiger partial charge in [-0.15, -0.1) is 11.3 Å². The van der Waals surface area contributed by atoms with Gasteiger partial charge in [-0.25, -0.2) is 5.43 Å². The SMILES string of the molecule is C/C(=N\NC(=O)c1ccc(-n2c(C)ccc2C)cc1)c1cccs1. The molecule has 0 bridgehead atoms. The number of amides is 1. The average Bonchev–Trinajstić information content (AvgIpc) is 3.23. The molecular weight excluding hydrogens is 318 g/mol. The van der Waals surface area contributed by atoms with Crippen molar-refractivity contribution in [3.8, 4) is 5.69 Å². The molecular formula is C19H19N3OS. The van der Waals surface area contributed by atoms with Crippen LogP contribution in [0.4, 0.5) is 0 Å². The van der Waals surface area contributed by atoms with Crippen molar-refractivity contribution < 1.29 is 4.79 Å². The van der Waals surface area contributed by atoms with Crippen molar-refractivity contribution >= 4 is 23.0 Å². The van der Waals surface area contributed by atoms with Crippen LogP contribution in [0.25, 0.3) is 5.69 Å². The van der Waals surface area contributed by atoms with Gasteiger partial charge >= 0.3 is 0 Å². The molecule has 1 N–H and O–H groups in total. The predicted molar refractivity (Wildman–Crippen MR) is 99.2 cm³/mol. The van der Waals surface area contributed by atoms with Crippen LogP contribution in [0.2, 0.25) is 0 Å². The van der Waals surface area contributed by atoms with Crippen molar-refractivity contribution in [3.63, 3.8) is 0 Å². The van der Waals surface area contributed by atoms with E-state index in [1.165, 1.54) is 11.4 Å². The number of benzene rings is 1. The van der Waals surface area contributed by atoms with E-state index in [-0.39, 0.29) is 5.91 Å². The monoisotopic (exact) mass is 337 g/mol. The summed E-state index contributed by atoms with van der Waals surface area (Å²) in [6, 6.07) is 15.6. The summed E-state index contributed by atoms with van der Waals surface area (Å²) in [5.41, 5.74) is 7.38. The van der Waals surface area contributed by atoms with Gasteiger partial charge in [0.05, 0.1) is 5.71 Å². The van der Waals surface area contributed by atoms with Crippen molar-refractivity contribution in [1.29, 1.82) is 0 Å². The summed E-state index contributed by atoms with van der Waals surface area (Å²) in [6.45, 7) is 6.01. The summed E-state index contributed by atoms with van der Waals surface area (Å²) < 4.78 is 2.15. The van der Waals surface area contributed by atoms with Crippen LogP contribution in [0.15, 0.2) is 59.0 Å². The Morgan fingerprint density at radius 3 is 2.29 bits per heavy atom. The number of aryl methyl sites for hydroxylation is 2. The zero-order chi connectivity index (χ0) is 17.1. The molecule has 0 spiro atoms. The highest BCUT2D eigenvalue weighted by Crippen LogP contribution is 2.17. The first-order chi connectivity index (χ1) is 11.6. The molecule has 5 heteroatoms. The molecule has 0 saturated heterocycles. The van der Waals surface area contributed by atoms with Gasteiger partial charge in [-0.1, -0.05) is 6.07 Å². The minimum atomic E-state index is -0.210. The molecule has 1 amide bonds. The van der Waals surface area contributed by atoms with Crippen molar-refractivity contribution in [1.82, 2.24) is 9.99 Å². The third-order valence-electron chi connectivity index (χ3n) is 3.86. The summed E-state index contributed by atoms with van der Waals surface area (Å²) in [5, 5.41) is 6.15. The lowest BCUT2D eigenvalue weighted by Crippen LogP contribution is -2.19. The molecule has 24 heavy (non-hydrogen) atoms. The molecule has 0 saturated carbocycles. The minimum Gasteiger partial charge on any atom is -0.319 e. The lowest BCUT2D eigenvalue weighted by atomic mass is 10.2. The zero-order valence-corrected chi connectivity index (χ0v) is 14.7. The highest BCUT2D eigenvalue weighted by atomic mass is 32.1. The van der Waals surface area contributed by atoms with E-state index in [9.17, 15) is 4.79 Å². The molecule has 1 aromatic carbocycles. The fourth-order valence-electron chi connectivity index (χ4n) is 2.58. The maximum atomic E-state index is 12.2. The van der Waals surface area contributed by atoms with Gasteiger partial charge in [0.25, 0.3) is 5.91 Å². The molecule has 0 atom stereocenters. The van der Waals surface area contributed by atoms with Crippen molar-refractivity contribution in [3.05, 3.63) is 75.7 Å². The van der Waals surface area contributed by atoms with Gasteiger partial charge in [0.2, 0.25) is 0 Å². The number of nitrogens with zero attached hydrogens (tertiary/aromatic N) is 2. The van der Waals surface area contributed by atoms with Crippen molar-refractivity contribution in [2.75, 3.05) is 0 Å². The first kappa shape index (κ1) is 16.2. The van der Waals surface area contributed by atoms with E-state index in [0.717, 1.165) is 16.3 Å². The summed E-state index contributed by atoms with van der Waals surface area (Å²) in [4.78, 5) is 13.3. The van der Waals surface area contributed by atoms with Crippen LogP contribution in [0.3, 0.4) is 0 Å². The van der Waals surface area contributed by atoms with Crippen LogP contribution < -0.4 is 5.43 Å². The van der Waals surface area contributed by atoms with Gasteiger partial charge in [-0.05, 0) is 68.6 Å². The number of carbonyl (C=O) groups excluding carboxylic acids is 1. The van der Waals surface area contributed by atoms with E-state index in [1.807, 2.05) is 48.7 Å². The highest BCUT2D eigenvalue weighted by Gasteiger charge is 2.08. The molecule has 2 heterocycles. The number of rotatable bonds is 4. The Morgan fingerprint density at radius 1 is 1.04 bits per heavy atom. The van der Waals surface area contributed by atoms with E-state index in [1.54, 1.807) is 11.3 Å². The molecule has 3 rings (SSSR count).